The summed E-state index contributed by atoms with van der Waals surface area (Å²) >= 11 is 6.04. The molecule has 6 heteroatoms. The number of nitrogens with zero attached hydrogens (tertiary/aromatic N) is 3. The maximum atomic E-state index is 11.9. The van der Waals surface area contributed by atoms with Gasteiger partial charge < -0.3 is 5.32 Å². The van der Waals surface area contributed by atoms with E-state index in [1.54, 1.807) is 12.3 Å². The molecule has 0 unspecified atom stereocenters. The molecule has 0 spiro atoms. The van der Waals surface area contributed by atoms with Gasteiger partial charge in [-0.25, -0.2) is 4.68 Å². The first-order chi connectivity index (χ1) is 9.61. The number of allylic oxidation sites excluding steroid dienone is 1. The summed E-state index contributed by atoms with van der Waals surface area (Å²) in [5.74, 6) is 0. The number of anilines is 1. The topological polar surface area (TPSA) is 59.8 Å². The third-order valence-electron chi connectivity index (χ3n) is 2.74. The van der Waals surface area contributed by atoms with Crippen LogP contribution in [0.25, 0.3) is 0 Å². The van der Waals surface area contributed by atoms with Crippen molar-refractivity contribution >= 4 is 17.3 Å². The lowest BCUT2D eigenvalue weighted by Gasteiger charge is -2.09. The number of pyridine rings is 1. The predicted octanol–water partition coefficient (Wildman–Crippen LogP) is 2.40. The molecule has 0 bridgehead atoms. The number of aryl methyl sites for hydroxylation is 1. The van der Waals surface area contributed by atoms with E-state index in [0.717, 1.165) is 11.3 Å². The zero-order chi connectivity index (χ0) is 14.5. The van der Waals surface area contributed by atoms with Gasteiger partial charge in [-0.05, 0) is 18.6 Å². The number of aromatic nitrogens is 3. The SMILES string of the molecule is C=CCn1ncc(NCc2ccc(C)nc2)c(Cl)c1=O. The predicted molar refractivity (Wildman–Crippen MR) is 80.0 cm³/mol. The lowest BCUT2D eigenvalue weighted by atomic mass is 10.2. The molecule has 0 aliphatic rings. The highest BCUT2D eigenvalue weighted by Crippen LogP contribution is 2.16. The summed E-state index contributed by atoms with van der Waals surface area (Å²) in [6.45, 7) is 6.36. The van der Waals surface area contributed by atoms with Gasteiger partial charge in [-0.3, -0.25) is 9.78 Å². The largest absolute Gasteiger partial charge is 0.378 e. The summed E-state index contributed by atoms with van der Waals surface area (Å²) in [4.78, 5) is 16.1. The summed E-state index contributed by atoms with van der Waals surface area (Å²) in [6, 6.07) is 3.90. The minimum atomic E-state index is -0.335. The molecule has 0 amide bonds. The Kier molecular flexibility index (Phi) is 4.53. The Balaban J connectivity index is 2.14. The van der Waals surface area contributed by atoms with Gasteiger partial charge in [0.05, 0.1) is 18.4 Å². The van der Waals surface area contributed by atoms with Crippen LogP contribution in [0.3, 0.4) is 0 Å². The van der Waals surface area contributed by atoms with Crippen LogP contribution < -0.4 is 10.9 Å². The first-order valence-electron chi connectivity index (χ1n) is 6.13. The van der Waals surface area contributed by atoms with Crippen LogP contribution in [-0.4, -0.2) is 14.8 Å². The van der Waals surface area contributed by atoms with Gasteiger partial charge in [-0.15, -0.1) is 6.58 Å². The first-order valence-corrected chi connectivity index (χ1v) is 6.51. The lowest BCUT2D eigenvalue weighted by molar-refractivity contribution is 0.653. The molecule has 2 heterocycles. The summed E-state index contributed by atoms with van der Waals surface area (Å²) < 4.78 is 1.26. The van der Waals surface area contributed by atoms with Crippen molar-refractivity contribution in [2.45, 2.75) is 20.0 Å². The van der Waals surface area contributed by atoms with Crippen molar-refractivity contribution in [3.05, 3.63) is 63.8 Å². The van der Waals surface area contributed by atoms with Crippen molar-refractivity contribution in [1.29, 1.82) is 0 Å². The molecule has 0 fully saturated rings. The molecule has 2 aromatic rings. The van der Waals surface area contributed by atoms with Crippen LogP contribution in [0.4, 0.5) is 5.69 Å². The molecule has 5 nitrogen and oxygen atoms in total. The molecule has 0 saturated heterocycles. The van der Waals surface area contributed by atoms with Gasteiger partial charge in [0.2, 0.25) is 0 Å². The monoisotopic (exact) mass is 290 g/mol. The Morgan fingerprint density at radius 2 is 2.25 bits per heavy atom. The van der Waals surface area contributed by atoms with Crippen LogP contribution >= 0.6 is 11.6 Å². The minimum Gasteiger partial charge on any atom is -0.378 e. The fourth-order valence-electron chi connectivity index (χ4n) is 1.64. The smallest absolute Gasteiger partial charge is 0.287 e. The maximum Gasteiger partial charge on any atom is 0.287 e. The third kappa shape index (κ3) is 3.24. The number of hydrogen-bond donors (Lipinski definition) is 1. The van der Waals surface area contributed by atoms with Gasteiger partial charge in [0.25, 0.3) is 5.56 Å². The quantitative estimate of drug-likeness (QED) is 0.859. The molecular weight excluding hydrogens is 276 g/mol. The zero-order valence-electron chi connectivity index (χ0n) is 11.1. The van der Waals surface area contributed by atoms with E-state index in [1.807, 2.05) is 19.1 Å². The molecule has 104 valence electrons. The molecule has 0 saturated carbocycles. The van der Waals surface area contributed by atoms with E-state index < -0.39 is 0 Å². The molecule has 0 atom stereocenters. The number of rotatable bonds is 5. The van der Waals surface area contributed by atoms with Crippen LogP contribution in [0.5, 0.6) is 0 Å². The maximum absolute atomic E-state index is 11.9. The first kappa shape index (κ1) is 14.3. The number of halogens is 1. The van der Waals surface area contributed by atoms with E-state index in [2.05, 4.69) is 22.0 Å². The molecular formula is C14H15ClN4O. The highest BCUT2D eigenvalue weighted by atomic mass is 35.5. The van der Waals surface area contributed by atoms with Crippen LogP contribution in [0.2, 0.25) is 5.02 Å². The van der Waals surface area contributed by atoms with Crippen molar-refractivity contribution in [1.82, 2.24) is 14.8 Å². The number of nitrogens with one attached hydrogen (secondary N) is 1. The summed E-state index contributed by atoms with van der Waals surface area (Å²) in [6.07, 6.45) is 4.91. The molecule has 2 rings (SSSR count). The number of hydrogen-bond acceptors (Lipinski definition) is 4. The average molecular weight is 291 g/mol. The molecule has 1 N–H and O–H groups in total. The normalized spacial score (nSPS) is 10.3. The fourth-order valence-corrected chi connectivity index (χ4v) is 1.85. The van der Waals surface area contributed by atoms with E-state index in [4.69, 9.17) is 11.6 Å². The highest BCUT2D eigenvalue weighted by Gasteiger charge is 2.08. The van der Waals surface area contributed by atoms with Crippen molar-refractivity contribution in [2.24, 2.45) is 0 Å². The van der Waals surface area contributed by atoms with Gasteiger partial charge in [0.15, 0.2) is 0 Å². The molecule has 2 aromatic heterocycles. The summed E-state index contributed by atoms with van der Waals surface area (Å²) in [7, 11) is 0. The summed E-state index contributed by atoms with van der Waals surface area (Å²) in [5, 5.41) is 7.24. The zero-order valence-corrected chi connectivity index (χ0v) is 11.9. The fraction of sp³-hybridized carbons (Fsp3) is 0.214. The van der Waals surface area contributed by atoms with Crippen LogP contribution in [0.1, 0.15) is 11.3 Å². The minimum absolute atomic E-state index is 0.127. The van der Waals surface area contributed by atoms with Crippen LogP contribution in [-0.2, 0) is 13.1 Å². The Labute approximate surface area is 121 Å². The average Bonchev–Trinajstić information content (AvgIpc) is 2.45. The van der Waals surface area contributed by atoms with Gasteiger partial charge in [0.1, 0.15) is 5.02 Å². The second-order valence-electron chi connectivity index (χ2n) is 4.31. The summed E-state index contributed by atoms with van der Waals surface area (Å²) in [5.41, 5.74) is 2.14. The van der Waals surface area contributed by atoms with E-state index in [0.29, 0.717) is 18.8 Å². The van der Waals surface area contributed by atoms with Crippen molar-refractivity contribution < 1.29 is 0 Å². The van der Waals surface area contributed by atoms with Gasteiger partial charge in [0, 0.05) is 18.4 Å². The Bertz CT molecular complexity index is 664. The third-order valence-corrected chi connectivity index (χ3v) is 3.11. The van der Waals surface area contributed by atoms with E-state index in [9.17, 15) is 4.79 Å². The molecule has 0 aliphatic carbocycles. The highest BCUT2D eigenvalue weighted by molar-refractivity contribution is 6.32. The van der Waals surface area contributed by atoms with Crippen molar-refractivity contribution in [3.63, 3.8) is 0 Å². The van der Waals surface area contributed by atoms with E-state index in [-0.39, 0.29) is 10.6 Å². The Morgan fingerprint density at radius 3 is 2.90 bits per heavy atom. The molecule has 20 heavy (non-hydrogen) atoms. The second-order valence-corrected chi connectivity index (χ2v) is 4.69. The van der Waals surface area contributed by atoms with Gasteiger partial charge >= 0.3 is 0 Å². The van der Waals surface area contributed by atoms with E-state index in [1.165, 1.54) is 10.9 Å². The lowest BCUT2D eigenvalue weighted by Crippen LogP contribution is -2.23. The molecule has 0 aliphatic heterocycles. The van der Waals surface area contributed by atoms with Gasteiger partial charge in [-0.2, -0.15) is 5.10 Å². The van der Waals surface area contributed by atoms with Crippen molar-refractivity contribution in [3.8, 4) is 0 Å². The Hall–Kier alpha value is -2.14. The van der Waals surface area contributed by atoms with Gasteiger partial charge in [-0.1, -0.05) is 23.7 Å². The standard InChI is InChI=1S/C14H15ClN4O/c1-3-6-19-14(20)13(15)12(9-18-19)17-8-11-5-4-10(2)16-7-11/h3-5,7,9,17H,1,6,8H2,2H3. The second kappa shape index (κ2) is 6.34. The van der Waals surface area contributed by atoms with E-state index >= 15 is 0 Å². The van der Waals surface area contributed by atoms with Crippen LogP contribution in [0, 0.1) is 6.92 Å². The molecule has 0 aromatic carbocycles. The van der Waals surface area contributed by atoms with Crippen molar-refractivity contribution in [2.75, 3.05) is 5.32 Å². The molecule has 0 radical (unpaired) electrons. The Morgan fingerprint density at radius 1 is 1.45 bits per heavy atom. The van der Waals surface area contributed by atoms with Crippen LogP contribution in [0.15, 0.2) is 42.0 Å².